The smallest absolute Gasteiger partial charge is 0.208 e. The predicted molar refractivity (Wildman–Crippen MR) is 95.0 cm³/mol. The predicted octanol–water partition coefficient (Wildman–Crippen LogP) is 4.08. The van der Waals surface area contributed by atoms with Gasteiger partial charge in [-0.1, -0.05) is 26.8 Å². The second-order valence-electron chi connectivity index (χ2n) is 7.90. The van der Waals surface area contributed by atoms with Gasteiger partial charge in [0.25, 0.3) is 0 Å². The van der Waals surface area contributed by atoms with Gasteiger partial charge in [-0.2, -0.15) is 0 Å². The highest BCUT2D eigenvalue weighted by molar-refractivity contribution is 5.44. The maximum Gasteiger partial charge on any atom is 0.208 e. The van der Waals surface area contributed by atoms with Gasteiger partial charge < -0.3 is 13.9 Å². The molecule has 1 aromatic carbocycles. The SMILES string of the molecule is CC(C)(C)c1cnc(CN2CCCC2c2ccc3c(c2)OCCO3)o1. The Bertz CT molecular complexity index is 748. The molecule has 0 aliphatic carbocycles. The van der Waals surface area contributed by atoms with Crippen molar-refractivity contribution in [1.82, 2.24) is 9.88 Å². The van der Waals surface area contributed by atoms with E-state index in [1.807, 2.05) is 12.3 Å². The Morgan fingerprint density at radius 1 is 1.16 bits per heavy atom. The lowest BCUT2D eigenvalue weighted by atomic mass is 9.94. The maximum atomic E-state index is 5.99. The fourth-order valence-electron chi connectivity index (χ4n) is 3.56. The molecule has 0 saturated carbocycles. The van der Waals surface area contributed by atoms with Gasteiger partial charge in [-0.05, 0) is 37.1 Å². The molecule has 0 N–H and O–H groups in total. The van der Waals surface area contributed by atoms with Gasteiger partial charge in [0, 0.05) is 11.5 Å². The van der Waals surface area contributed by atoms with Crippen LogP contribution in [-0.4, -0.2) is 29.6 Å². The maximum absolute atomic E-state index is 5.99. The summed E-state index contributed by atoms with van der Waals surface area (Å²) in [5.74, 6) is 3.45. The van der Waals surface area contributed by atoms with E-state index in [1.165, 1.54) is 12.0 Å². The number of benzene rings is 1. The van der Waals surface area contributed by atoms with E-state index >= 15 is 0 Å². The van der Waals surface area contributed by atoms with Crippen molar-refractivity contribution in [3.63, 3.8) is 0 Å². The molecule has 5 heteroatoms. The lowest BCUT2D eigenvalue weighted by Gasteiger charge is -2.25. The number of aromatic nitrogens is 1. The molecule has 25 heavy (non-hydrogen) atoms. The summed E-state index contributed by atoms with van der Waals surface area (Å²) in [5, 5.41) is 0. The van der Waals surface area contributed by atoms with Gasteiger partial charge in [0.2, 0.25) is 5.89 Å². The van der Waals surface area contributed by atoms with Crippen molar-refractivity contribution in [1.29, 1.82) is 0 Å². The zero-order valence-electron chi connectivity index (χ0n) is 15.2. The summed E-state index contributed by atoms with van der Waals surface area (Å²) in [4.78, 5) is 6.94. The van der Waals surface area contributed by atoms with E-state index in [1.54, 1.807) is 0 Å². The van der Waals surface area contributed by atoms with Crippen LogP contribution in [0.25, 0.3) is 0 Å². The Morgan fingerprint density at radius 3 is 2.72 bits per heavy atom. The molecule has 1 unspecified atom stereocenters. The average molecular weight is 342 g/mol. The lowest BCUT2D eigenvalue weighted by molar-refractivity contribution is 0.170. The molecule has 3 heterocycles. The summed E-state index contributed by atoms with van der Waals surface area (Å²) >= 11 is 0. The first-order valence-corrected chi connectivity index (χ1v) is 9.09. The van der Waals surface area contributed by atoms with Crippen LogP contribution in [0.3, 0.4) is 0 Å². The Hall–Kier alpha value is -2.01. The van der Waals surface area contributed by atoms with E-state index in [0.29, 0.717) is 19.3 Å². The highest BCUT2D eigenvalue weighted by atomic mass is 16.6. The summed E-state index contributed by atoms with van der Waals surface area (Å²) in [6.45, 7) is 9.49. The second kappa shape index (κ2) is 6.37. The molecule has 2 aliphatic rings. The fraction of sp³-hybridized carbons (Fsp3) is 0.550. The van der Waals surface area contributed by atoms with Crippen molar-refractivity contribution >= 4 is 0 Å². The quantitative estimate of drug-likeness (QED) is 0.841. The molecule has 2 aromatic rings. The first-order chi connectivity index (χ1) is 12.0. The van der Waals surface area contributed by atoms with E-state index < -0.39 is 0 Å². The largest absolute Gasteiger partial charge is 0.486 e. The van der Waals surface area contributed by atoms with Gasteiger partial charge in [0.15, 0.2) is 11.5 Å². The fourth-order valence-corrected chi connectivity index (χ4v) is 3.56. The molecule has 134 valence electrons. The third kappa shape index (κ3) is 3.38. The van der Waals surface area contributed by atoms with Crippen molar-refractivity contribution in [2.45, 2.75) is 51.6 Å². The first-order valence-electron chi connectivity index (χ1n) is 9.09. The minimum atomic E-state index is -0.00844. The van der Waals surface area contributed by atoms with Gasteiger partial charge in [-0.3, -0.25) is 4.90 Å². The molecule has 1 atom stereocenters. The molecule has 5 nitrogen and oxygen atoms in total. The van der Waals surface area contributed by atoms with Gasteiger partial charge in [-0.25, -0.2) is 4.98 Å². The van der Waals surface area contributed by atoms with Crippen molar-refractivity contribution < 1.29 is 13.9 Å². The number of oxazole rings is 1. The molecule has 4 rings (SSSR count). The van der Waals surface area contributed by atoms with Crippen molar-refractivity contribution in [3.05, 3.63) is 41.6 Å². The summed E-state index contributed by atoms with van der Waals surface area (Å²) in [5.41, 5.74) is 1.27. The third-order valence-corrected chi connectivity index (χ3v) is 4.95. The van der Waals surface area contributed by atoms with Crippen LogP contribution in [0.5, 0.6) is 11.5 Å². The molecular weight excluding hydrogens is 316 g/mol. The number of rotatable bonds is 3. The normalized spacial score (nSPS) is 20.8. The van der Waals surface area contributed by atoms with Crippen LogP contribution in [0.1, 0.15) is 56.9 Å². The van der Waals surface area contributed by atoms with Gasteiger partial charge in [0.05, 0.1) is 12.7 Å². The molecular formula is C20H26N2O3. The van der Waals surface area contributed by atoms with Crippen LogP contribution in [0.4, 0.5) is 0 Å². The van der Waals surface area contributed by atoms with Gasteiger partial charge >= 0.3 is 0 Å². The molecule has 1 aromatic heterocycles. The molecule has 2 aliphatic heterocycles. The second-order valence-corrected chi connectivity index (χ2v) is 7.90. The van der Waals surface area contributed by atoms with E-state index in [4.69, 9.17) is 13.9 Å². The highest BCUT2D eigenvalue weighted by Crippen LogP contribution is 2.38. The van der Waals surface area contributed by atoms with Crippen LogP contribution < -0.4 is 9.47 Å². The van der Waals surface area contributed by atoms with Crippen molar-refractivity contribution in [2.24, 2.45) is 0 Å². The van der Waals surface area contributed by atoms with Crippen LogP contribution in [0.2, 0.25) is 0 Å². The van der Waals surface area contributed by atoms with Gasteiger partial charge in [0.1, 0.15) is 19.0 Å². The molecule has 0 spiro atoms. The minimum absolute atomic E-state index is 0.00844. The summed E-state index contributed by atoms with van der Waals surface area (Å²) in [6.07, 6.45) is 4.20. The van der Waals surface area contributed by atoms with Crippen LogP contribution in [-0.2, 0) is 12.0 Å². The Kier molecular flexibility index (Phi) is 4.20. The number of hydrogen-bond acceptors (Lipinski definition) is 5. The van der Waals surface area contributed by atoms with E-state index in [-0.39, 0.29) is 5.41 Å². The van der Waals surface area contributed by atoms with Gasteiger partial charge in [-0.15, -0.1) is 0 Å². The van der Waals surface area contributed by atoms with E-state index in [0.717, 1.165) is 42.7 Å². The van der Waals surface area contributed by atoms with Crippen LogP contribution >= 0.6 is 0 Å². The lowest BCUT2D eigenvalue weighted by Crippen LogP contribution is -2.23. The molecule has 0 bridgehead atoms. The standard InChI is InChI=1S/C20H26N2O3/c1-20(2,3)18-12-21-19(25-18)13-22-8-4-5-15(22)14-6-7-16-17(11-14)24-10-9-23-16/h6-7,11-12,15H,4-5,8-10,13H2,1-3H3. The summed E-state index contributed by atoms with van der Waals surface area (Å²) in [7, 11) is 0. The van der Waals surface area contributed by atoms with Crippen LogP contribution in [0, 0.1) is 0 Å². The highest BCUT2D eigenvalue weighted by Gasteiger charge is 2.29. The number of fused-ring (bicyclic) bond motifs is 1. The Morgan fingerprint density at radius 2 is 1.96 bits per heavy atom. The summed E-state index contributed by atoms with van der Waals surface area (Å²) in [6, 6.07) is 6.70. The van der Waals surface area contributed by atoms with E-state index in [2.05, 4.69) is 42.8 Å². The monoisotopic (exact) mass is 342 g/mol. The van der Waals surface area contributed by atoms with Crippen LogP contribution in [0.15, 0.2) is 28.8 Å². The Labute approximate surface area is 148 Å². The molecule has 0 amide bonds. The zero-order valence-corrected chi connectivity index (χ0v) is 15.2. The topological polar surface area (TPSA) is 47.7 Å². The third-order valence-electron chi connectivity index (χ3n) is 4.95. The molecule has 0 radical (unpaired) electrons. The van der Waals surface area contributed by atoms with E-state index in [9.17, 15) is 0 Å². The molecule has 1 fully saturated rings. The van der Waals surface area contributed by atoms with Crippen molar-refractivity contribution in [3.8, 4) is 11.5 Å². The number of ether oxygens (including phenoxy) is 2. The molecule has 1 saturated heterocycles. The Balaban J connectivity index is 1.52. The minimum Gasteiger partial charge on any atom is -0.486 e. The number of likely N-dealkylation sites (tertiary alicyclic amines) is 1. The zero-order chi connectivity index (χ0) is 17.4. The number of nitrogens with zero attached hydrogens (tertiary/aromatic N) is 2. The van der Waals surface area contributed by atoms with Crippen molar-refractivity contribution in [2.75, 3.05) is 19.8 Å². The summed E-state index contributed by atoms with van der Waals surface area (Å²) < 4.78 is 17.4. The average Bonchev–Trinajstić information content (AvgIpc) is 3.24. The number of hydrogen-bond donors (Lipinski definition) is 0. The first kappa shape index (κ1) is 16.5.